The molecule has 0 heterocycles. The minimum Gasteiger partial charge on any atom is -1.00 e. The van der Waals surface area contributed by atoms with E-state index < -0.39 is 53.4 Å². The van der Waals surface area contributed by atoms with Crippen molar-refractivity contribution in [3.05, 3.63) is 71.8 Å². The van der Waals surface area contributed by atoms with Gasteiger partial charge in [0.05, 0.1) is 49.7 Å². The molecule has 0 saturated carbocycles. The number of rotatable bonds is 62. The van der Waals surface area contributed by atoms with Gasteiger partial charge in [-0.1, -0.05) is 386 Å². The third-order valence-corrected chi connectivity index (χ3v) is 18.1. The van der Waals surface area contributed by atoms with Crippen molar-refractivity contribution < 1.29 is 187 Å². The Hall–Kier alpha value is -2.96. The minimum absolute atomic E-state index is 0. The molecule has 2 aromatic rings. The van der Waals surface area contributed by atoms with Gasteiger partial charge in [0.2, 0.25) is 0 Å². The molecule has 0 atom stereocenters. The van der Waals surface area contributed by atoms with E-state index in [-0.39, 0.29) is 88.7 Å². The zero-order valence-electron chi connectivity index (χ0n) is 73.9. The van der Waals surface area contributed by atoms with Gasteiger partial charge in [0.15, 0.2) is 0 Å². The van der Waals surface area contributed by atoms with Crippen molar-refractivity contribution in [2.45, 2.75) is 453 Å². The van der Waals surface area contributed by atoms with Crippen molar-refractivity contribution in [3.63, 3.8) is 0 Å². The second-order valence-corrected chi connectivity index (χ2v) is 29.9. The number of benzene rings is 2. The fourth-order valence-corrected chi connectivity index (χ4v) is 11.3. The molecule has 0 fully saturated rings. The molecule has 113 heavy (non-hydrogen) atoms. The average molecular weight is 1630 g/mol. The summed E-state index contributed by atoms with van der Waals surface area (Å²) in [6.45, 7) is 18.5. The van der Waals surface area contributed by atoms with Gasteiger partial charge >= 0.3 is 136 Å². The average Bonchev–Trinajstić information content (AvgIpc) is 0.896. The topological polar surface area (TPSA) is 289 Å². The van der Waals surface area contributed by atoms with Crippen LogP contribution < -0.4 is 104 Å². The van der Waals surface area contributed by atoms with Crippen LogP contribution in [0.2, 0.25) is 0 Å². The first kappa shape index (κ1) is 123. The molecule has 20 nitrogen and oxygen atoms in total. The van der Waals surface area contributed by atoms with E-state index in [1.165, 1.54) is 231 Å². The van der Waals surface area contributed by atoms with Gasteiger partial charge in [0.1, 0.15) is 0 Å². The van der Waals surface area contributed by atoms with Crippen LogP contribution in [0.4, 0.5) is 0 Å². The van der Waals surface area contributed by atoms with Crippen molar-refractivity contribution >= 4 is 47.8 Å². The largest absolute Gasteiger partial charge is 1.00 e. The first-order valence-electron chi connectivity index (χ1n) is 43.7. The quantitative estimate of drug-likeness (QED) is 0.0257. The fraction of sp³-hybridized carbons (Fsp3) is 0.778. The molecule has 0 saturated heterocycles. The van der Waals surface area contributed by atoms with Crippen LogP contribution in [0.25, 0.3) is 0 Å². The fourth-order valence-electron chi connectivity index (χ4n) is 11.3. The summed E-state index contributed by atoms with van der Waals surface area (Å²) in [7, 11) is 0. The Bertz CT molecular complexity index is 2030. The Morgan fingerprint density at radius 2 is 0.354 bits per heavy atom. The molecule has 0 N–H and O–H groups in total. The smallest absolute Gasteiger partial charge is 1.00 e. The first-order valence-corrected chi connectivity index (χ1v) is 43.7. The predicted molar refractivity (Wildman–Crippen MR) is 432 cm³/mol. The summed E-state index contributed by atoms with van der Waals surface area (Å²) in [4.78, 5) is 133. The summed E-state index contributed by atoms with van der Waals surface area (Å²) in [5.74, 6) is -3.98. The molecule has 0 aliphatic carbocycles. The number of unbranched alkanes of at least 4 members (excludes halogenated alkanes) is 48. The van der Waals surface area contributed by atoms with E-state index in [1.807, 2.05) is 0 Å². The molecule has 0 radical (unpaired) electrons. The predicted octanol–water partition coefficient (Wildman–Crippen LogP) is 14.8. The van der Waals surface area contributed by atoms with Gasteiger partial charge in [-0.3, -0.25) is 0 Å². The van der Waals surface area contributed by atoms with Crippen LogP contribution in [0.15, 0.2) is 60.7 Å². The molecule has 0 amide bonds. The maximum atomic E-state index is 11.6. The molecule has 0 aliphatic rings. The Morgan fingerprint density at radius 1 is 0.230 bits per heavy atom. The third-order valence-electron chi connectivity index (χ3n) is 18.1. The molecule has 0 bridgehead atoms. The molecule has 2 rings (SSSR count). The van der Waals surface area contributed by atoms with Gasteiger partial charge in [-0.2, -0.15) is 0 Å². The molecule has 0 unspecified atom stereocenters. The van der Waals surface area contributed by atoms with Crippen molar-refractivity contribution in [1.82, 2.24) is 0 Å². The first-order chi connectivity index (χ1) is 53.4. The van der Waals surface area contributed by atoms with Crippen LogP contribution in [0.1, 0.15) is 468 Å². The molecule has 0 aliphatic heterocycles. The zero-order valence-corrected chi connectivity index (χ0v) is 79.9. The van der Waals surface area contributed by atoms with Crippen LogP contribution in [-0.2, 0) is 72.8 Å². The second kappa shape index (κ2) is 101. The third kappa shape index (κ3) is 103. The minimum atomic E-state index is -0.708. The molecule has 640 valence electrons. The maximum Gasteiger partial charge on any atom is 1.00 e. The van der Waals surface area contributed by atoms with Gasteiger partial charge in [0, 0.05) is 5.60 Å². The summed E-state index contributed by atoms with van der Waals surface area (Å²) in [6.07, 6.45) is 67.0. The van der Waals surface area contributed by atoms with Crippen LogP contribution in [0, 0.1) is 0 Å². The normalized spacial score (nSPS) is 10.2. The van der Waals surface area contributed by atoms with Crippen molar-refractivity contribution in [3.8, 4) is 0 Å². The van der Waals surface area contributed by atoms with Crippen molar-refractivity contribution in [1.29, 1.82) is 0 Å². The Morgan fingerprint density at radius 3 is 0.478 bits per heavy atom. The Labute approximate surface area is 752 Å². The Balaban J connectivity index is -0.000000256. The van der Waals surface area contributed by atoms with E-state index in [0.717, 1.165) is 116 Å². The molecular formula is C90H157Na3O20. The maximum absolute atomic E-state index is 11.6. The van der Waals surface area contributed by atoms with Crippen LogP contribution in [-0.4, -0.2) is 53.4 Å². The molecule has 2 aromatic carbocycles. The summed E-state index contributed by atoms with van der Waals surface area (Å²) >= 11 is 0. The van der Waals surface area contributed by atoms with E-state index in [2.05, 4.69) is 85.5 Å². The van der Waals surface area contributed by atoms with E-state index in [1.54, 1.807) is 81.4 Å². The van der Waals surface area contributed by atoms with Crippen LogP contribution in [0.5, 0.6) is 0 Å². The number of hydrogen-bond acceptors (Lipinski definition) is 20. The van der Waals surface area contributed by atoms with E-state index >= 15 is 0 Å². The van der Waals surface area contributed by atoms with Crippen molar-refractivity contribution in [2.24, 2.45) is 0 Å². The number of hydrogen-bond donors (Lipinski definition) is 0. The van der Waals surface area contributed by atoms with E-state index in [0.29, 0.717) is 49.7 Å². The van der Waals surface area contributed by atoms with Crippen molar-refractivity contribution in [2.75, 3.05) is 0 Å². The Kier molecular flexibility index (Phi) is 111. The van der Waals surface area contributed by atoms with E-state index in [4.69, 9.17) is 10.5 Å². The summed E-state index contributed by atoms with van der Waals surface area (Å²) in [6, 6.07) is 16.6. The number of carbonyl (C=O) groups is 8. The summed E-state index contributed by atoms with van der Waals surface area (Å²) in [5, 5.41) is 23.5. The van der Waals surface area contributed by atoms with Crippen LogP contribution >= 0.6 is 0 Å². The monoisotopic (exact) mass is 1630 g/mol. The van der Waals surface area contributed by atoms with Gasteiger partial charge in [-0.25, -0.2) is 77.5 Å². The molecule has 23 heteroatoms. The van der Waals surface area contributed by atoms with Gasteiger partial charge in [-0.05, 0) is 83.6 Å². The molecular weight excluding hydrogens is 1470 g/mol. The number of carbonyl (C=O) groups excluding carboxylic acids is 8. The summed E-state index contributed by atoms with van der Waals surface area (Å²) in [5.41, 5.74) is 0.122. The van der Waals surface area contributed by atoms with E-state index in [9.17, 15) is 43.6 Å². The van der Waals surface area contributed by atoms with Crippen LogP contribution in [0.3, 0.4) is 0 Å². The van der Waals surface area contributed by atoms with Gasteiger partial charge < -0.3 is 20.7 Å². The van der Waals surface area contributed by atoms with Gasteiger partial charge in [-0.15, -0.1) is 0 Å². The van der Waals surface area contributed by atoms with Gasteiger partial charge in [0.25, 0.3) is 0 Å². The standard InChI is InChI=1S/3C24H46O4.C14H10O4.C4H10O2.3Na.O2/c3*1-3-5-7-9-11-13-15-17-19-21-23(25)27-28-24(26)22-20-18-16-14-12-10-8-6-4-2;15-13(11-7-3-1-4-8-11)17-18-14(16)12-9-5-2-6-10-12;1-4(2,3)6-5;;;;1-2/h3*3-22H2,1-2H3;1-10H;5H,1-3H3;;;;/q;;;;;3*+1;-2/p-1. The zero-order chi connectivity index (χ0) is 82.1. The SMILES string of the molecule is CC(C)(C)O[O-].CCCCCCCCCCCC(=O)OOC(=O)CCCCCCCCCCC.CCCCCCCCCCCC(=O)OOC(=O)CCCCCCCCCCC.CCCCCCCCCCCC(=O)OOC(=O)CCCCCCCCCCC.O=C(OOC(=O)c1ccccc1)c1ccccc1.[Na+].[Na+].[Na+].[O-][O-]. The molecule has 0 spiro atoms. The molecule has 0 aromatic heterocycles. The second-order valence-electron chi connectivity index (χ2n) is 29.9. The summed E-state index contributed by atoms with van der Waals surface area (Å²) < 4.78 is 0.